The molecule has 0 amide bonds. The maximum atomic E-state index is 15.3. The average Bonchev–Trinajstić information content (AvgIpc) is 2.92. The van der Waals surface area contributed by atoms with Crippen molar-refractivity contribution in [3.8, 4) is 22.6 Å². The molecule has 9 heteroatoms. The predicted molar refractivity (Wildman–Crippen MR) is 144 cm³/mol. The quantitative estimate of drug-likeness (QED) is 0.116. The van der Waals surface area contributed by atoms with Crippen LogP contribution in [0.4, 0.5) is 30.7 Å². The largest absolute Gasteiger partial charge is 0.493 e. The summed E-state index contributed by atoms with van der Waals surface area (Å²) in [5.41, 5.74) is 0.344. The Morgan fingerprint density at radius 2 is 1.39 bits per heavy atom. The van der Waals surface area contributed by atoms with Gasteiger partial charge in [-0.2, -0.15) is 8.78 Å². The SMILES string of the molecule is CCCCCCCOc1cc(F)c(-c2ccc3c(F)c(CCc4cc(F)c(OC(F)F)c(F)c4)ccc3c2)c(F)c1. The summed E-state index contributed by atoms with van der Waals surface area (Å²) in [4.78, 5) is 0. The van der Waals surface area contributed by atoms with E-state index in [0.717, 1.165) is 56.4 Å². The molecule has 218 valence electrons. The second-order valence-corrected chi connectivity index (χ2v) is 9.77. The first-order valence-corrected chi connectivity index (χ1v) is 13.4. The zero-order valence-electron chi connectivity index (χ0n) is 22.4. The van der Waals surface area contributed by atoms with Crippen LogP contribution in [0.25, 0.3) is 21.9 Å². The Kier molecular flexibility index (Phi) is 10.1. The van der Waals surface area contributed by atoms with E-state index in [9.17, 15) is 26.3 Å². The third kappa shape index (κ3) is 7.51. The van der Waals surface area contributed by atoms with Gasteiger partial charge in [0.05, 0.1) is 12.2 Å². The highest BCUT2D eigenvalue weighted by molar-refractivity contribution is 5.88. The fraction of sp³-hybridized carbons (Fsp3) is 0.312. The fourth-order valence-electron chi connectivity index (χ4n) is 4.73. The Morgan fingerprint density at radius 3 is 2.05 bits per heavy atom. The molecule has 0 aromatic heterocycles. The van der Waals surface area contributed by atoms with Crippen LogP contribution >= 0.6 is 0 Å². The van der Waals surface area contributed by atoms with Gasteiger partial charge in [-0.15, -0.1) is 0 Å². The van der Waals surface area contributed by atoms with Crippen LogP contribution < -0.4 is 9.47 Å². The number of aryl methyl sites for hydroxylation is 2. The molecule has 0 aliphatic carbocycles. The molecule has 0 saturated heterocycles. The highest BCUT2D eigenvalue weighted by Crippen LogP contribution is 2.33. The number of ether oxygens (including phenoxy) is 2. The van der Waals surface area contributed by atoms with Crippen LogP contribution in [0.15, 0.2) is 54.6 Å². The highest BCUT2D eigenvalue weighted by Gasteiger charge is 2.18. The van der Waals surface area contributed by atoms with E-state index in [1.54, 1.807) is 6.07 Å². The molecule has 41 heavy (non-hydrogen) atoms. The summed E-state index contributed by atoms with van der Waals surface area (Å²) in [5, 5.41) is 0.605. The van der Waals surface area contributed by atoms with E-state index >= 15 is 4.39 Å². The molecule has 4 aromatic rings. The van der Waals surface area contributed by atoms with Crippen molar-refractivity contribution in [2.45, 2.75) is 58.5 Å². The maximum absolute atomic E-state index is 15.3. The Bertz CT molecular complexity index is 1460. The fourth-order valence-corrected chi connectivity index (χ4v) is 4.73. The first-order valence-electron chi connectivity index (χ1n) is 13.4. The number of hydrogen-bond donors (Lipinski definition) is 0. The Hall–Kier alpha value is -3.75. The molecule has 0 bridgehead atoms. The summed E-state index contributed by atoms with van der Waals surface area (Å²) < 4.78 is 107. The van der Waals surface area contributed by atoms with Gasteiger partial charge < -0.3 is 9.47 Å². The number of halogens is 7. The molecule has 0 fully saturated rings. The smallest absolute Gasteiger partial charge is 0.387 e. The second kappa shape index (κ2) is 13.7. The summed E-state index contributed by atoms with van der Waals surface area (Å²) in [7, 11) is 0. The van der Waals surface area contributed by atoms with Gasteiger partial charge >= 0.3 is 6.61 Å². The Morgan fingerprint density at radius 1 is 0.707 bits per heavy atom. The van der Waals surface area contributed by atoms with Crippen molar-refractivity contribution in [1.82, 2.24) is 0 Å². The lowest BCUT2D eigenvalue weighted by Crippen LogP contribution is -2.06. The van der Waals surface area contributed by atoms with Crippen molar-refractivity contribution in [3.05, 3.63) is 94.8 Å². The number of hydrogen-bond acceptors (Lipinski definition) is 2. The second-order valence-electron chi connectivity index (χ2n) is 9.77. The van der Waals surface area contributed by atoms with Crippen molar-refractivity contribution in [1.29, 1.82) is 0 Å². The minimum absolute atomic E-state index is 0.0207. The standard InChI is InChI=1S/C32H29F7O2/c1-2-3-4-5-6-13-40-23-17-25(33)29(26(34)18-23)22-11-12-24-21(16-22)10-9-20(30(24)37)8-7-19-14-27(35)31(28(36)15-19)41-32(38)39/h9-12,14-18,32H,2-8,13H2,1H3. The third-order valence-electron chi connectivity index (χ3n) is 6.80. The zero-order valence-corrected chi connectivity index (χ0v) is 22.4. The van der Waals surface area contributed by atoms with E-state index in [4.69, 9.17) is 4.74 Å². The van der Waals surface area contributed by atoms with Crippen molar-refractivity contribution >= 4 is 10.8 Å². The molecular weight excluding hydrogens is 549 g/mol. The number of benzene rings is 4. The first kappa shape index (κ1) is 30.2. The number of fused-ring (bicyclic) bond motifs is 1. The lowest BCUT2D eigenvalue weighted by Gasteiger charge is -2.12. The molecule has 4 aromatic carbocycles. The summed E-state index contributed by atoms with van der Waals surface area (Å²) in [6, 6.07) is 11.4. The van der Waals surface area contributed by atoms with Crippen molar-refractivity contribution in [2.24, 2.45) is 0 Å². The number of rotatable bonds is 13. The van der Waals surface area contributed by atoms with Crippen LogP contribution in [0.5, 0.6) is 11.5 Å². The van der Waals surface area contributed by atoms with Crippen molar-refractivity contribution in [2.75, 3.05) is 6.61 Å². The molecule has 0 atom stereocenters. The van der Waals surface area contributed by atoms with Gasteiger partial charge in [0.2, 0.25) is 0 Å². The van der Waals surface area contributed by atoms with Crippen LogP contribution in [0.2, 0.25) is 0 Å². The van der Waals surface area contributed by atoms with E-state index in [1.165, 1.54) is 24.3 Å². The third-order valence-corrected chi connectivity index (χ3v) is 6.80. The van der Waals surface area contributed by atoms with E-state index in [-0.39, 0.29) is 46.2 Å². The van der Waals surface area contributed by atoms with Crippen molar-refractivity contribution in [3.63, 3.8) is 0 Å². The maximum Gasteiger partial charge on any atom is 0.387 e. The van der Waals surface area contributed by atoms with E-state index in [1.807, 2.05) is 0 Å². The molecule has 0 aliphatic heterocycles. The van der Waals surface area contributed by atoms with Crippen LogP contribution in [-0.4, -0.2) is 13.2 Å². The molecule has 0 N–H and O–H groups in total. The van der Waals surface area contributed by atoms with E-state index in [2.05, 4.69) is 11.7 Å². The van der Waals surface area contributed by atoms with Crippen molar-refractivity contribution < 1.29 is 40.2 Å². The predicted octanol–water partition coefficient (Wildman–Crippen LogP) is 9.94. The van der Waals surface area contributed by atoms with Crippen LogP contribution in [0.1, 0.15) is 50.2 Å². The summed E-state index contributed by atoms with van der Waals surface area (Å²) in [6.07, 6.45) is 5.19. The Labute approximate surface area is 233 Å². The number of unbranched alkanes of at least 4 members (excludes halogenated alkanes) is 4. The van der Waals surface area contributed by atoms with Gasteiger partial charge in [-0.25, -0.2) is 22.0 Å². The summed E-state index contributed by atoms with van der Waals surface area (Å²) in [6.45, 7) is -0.902. The first-order chi connectivity index (χ1) is 19.7. The summed E-state index contributed by atoms with van der Waals surface area (Å²) >= 11 is 0. The molecular formula is C32H29F7O2. The van der Waals surface area contributed by atoms with Crippen LogP contribution in [-0.2, 0) is 12.8 Å². The minimum atomic E-state index is -3.38. The normalized spacial score (nSPS) is 11.4. The molecule has 0 radical (unpaired) electrons. The van der Waals surface area contributed by atoms with Crippen LogP contribution in [0, 0.1) is 29.1 Å². The lowest BCUT2D eigenvalue weighted by atomic mass is 9.96. The van der Waals surface area contributed by atoms with Gasteiger partial charge in [-0.1, -0.05) is 56.9 Å². The molecule has 4 rings (SSSR count). The monoisotopic (exact) mass is 578 g/mol. The molecule has 0 unspecified atom stereocenters. The Balaban J connectivity index is 1.48. The van der Waals surface area contributed by atoms with Gasteiger partial charge in [-0.3, -0.25) is 0 Å². The zero-order chi connectivity index (χ0) is 29.5. The average molecular weight is 579 g/mol. The van der Waals surface area contributed by atoms with E-state index < -0.39 is 41.4 Å². The minimum Gasteiger partial charge on any atom is -0.493 e. The molecule has 0 aliphatic rings. The number of alkyl halides is 2. The van der Waals surface area contributed by atoms with Gasteiger partial charge in [0.25, 0.3) is 0 Å². The summed E-state index contributed by atoms with van der Waals surface area (Å²) in [5.74, 6) is -5.83. The lowest BCUT2D eigenvalue weighted by molar-refractivity contribution is -0.0546. The highest BCUT2D eigenvalue weighted by atomic mass is 19.3. The topological polar surface area (TPSA) is 18.5 Å². The van der Waals surface area contributed by atoms with Gasteiger partial charge in [0, 0.05) is 17.5 Å². The molecule has 0 spiro atoms. The molecule has 0 heterocycles. The van der Waals surface area contributed by atoms with E-state index in [0.29, 0.717) is 12.0 Å². The van der Waals surface area contributed by atoms with Gasteiger partial charge in [0.1, 0.15) is 23.2 Å². The molecule has 0 saturated carbocycles. The van der Waals surface area contributed by atoms with Crippen LogP contribution in [0.3, 0.4) is 0 Å². The van der Waals surface area contributed by atoms with Gasteiger partial charge in [0.15, 0.2) is 17.4 Å². The molecule has 2 nitrogen and oxygen atoms in total. The van der Waals surface area contributed by atoms with Gasteiger partial charge in [-0.05, 0) is 59.5 Å².